The highest BCUT2D eigenvalue weighted by atomic mass is 35.5. The van der Waals surface area contributed by atoms with Gasteiger partial charge in [-0.15, -0.1) is 0 Å². The summed E-state index contributed by atoms with van der Waals surface area (Å²) in [5.74, 6) is -0.396. The fourth-order valence-corrected chi connectivity index (χ4v) is 2.62. The Bertz CT molecular complexity index is 979. The number of benzene rings is 2. The van der Waals surface area contributed by atoms with Crippen molar-refractivity contribution in [3.05, 3.63) is 95.7 Å². The molecule has 0 fully saturated rings. The van der Waals surface area contributed by atoms with E-state index in [9.17, 15) is 4.79 Å². The topological polar surface area (TPSA) is 39.2 Å². The van der Waals surface area contributed by atoms with Crippen molar-refractivity contribution in [2.75, 3.05) is 6.61 Å². The first-order chi connectivity index (χ1) is 12.1. The minimum Gasteiger partial charge on any atom is -0.458 e. The molecular formula is C21H16ClNO2. The first-order valence-electron chi connectivity index (χ1n) is 7.72. The van der Waals surface area contributed by atoms with Crippen LogP contribution in [0, 0.1) is 0 Å². The van der Waals surface area contributed by atoms with Crippen LogP contribution in [-0.2, 0) is 4.74 Å². The summed E-state index contributed by atoms with van der Waals surface area (Å²) in [6.45, 7) is 7.83. The van der Waals surface area contributed by atoms with Crippen LogP contribution in [0.5, 0.6) is 0 Å². The largest absolute Gasteiger partial charge is 0.458 e. The van der Waals surface area contributed by atoms with Gasteiger partial charge >= 0.3 is 5.97 Å². The quantitative estimate of drug-likeness (QED) is 0.464. The van der Waals surface area contributed by atoms with Crippen molar-refractivity contribution < 1.29 is 9.53 Å². The lowest BCUT2D eigenvalue weighted by atomic mass is 10.0. The molecule has 0 saturated carbocycles. The van der Waals surface area contributed by atoms with Crippen LogP contribution < -0.4 is 0 Å². The fraction of sp³-hybridized carbons (Fsp3) is 0.0476. The summed E-state index contributed by atoms with van der Waals surface area (Å²) in [6, 6.07) is 16.6. The van der Waals surface area contributed by atoms with E-state index in [0.29, 0.717) is 10.6 Å². The molecule has 1 aromatic heterocycles. The minimum absolute atomic E-state index is 0.178. The van der Waals surface area contributed by atoms with Crippen LogP contribution in [0.15, 0.2) is 73.8 Å². The number of carbonyl (C=O) groups excluding carboxylic acids is 1. The lowest BCUT2D eigenvalue weighted by Crippen LogP contribution is -2.05. The highest BCUT2D eigenvalue weighted by Crippen LogP contribution is 2.25. The number of hydrogen-bond acceptors (Lipinski definition) is 3. The van der Waals surface area contributed by atoms with E-state index in [1.165, 1.54) is 6.08 Å². The maximum absolute atomic E-state index is 12.0. The van der Waals surface area contributed by atoms with E-state index in [-0.39, 0.29) is 6.61 Å². The Hall–Kier alpha value is -2.91. The van der Waals surface area contributed by atoms with Gasteiger partial charge in [0.2, 0.25) is 0 Å². The first-order valence-corrected chi connectivity index (χ1v) is 8.10. The molecule has 1 heterocycles. The molecule has 0 saturated heterocycles. The molecule has 3 nitrogen and oxygen atoms in total. The lowest BCUT2D eigenvalue weighted by molar-refractivity contribution is 0.0549. The van der Waals surface area contributed by atoms with Gasteiger partial charge in [-0.3, -0.25) is 0 Å². The number of carbonyl (C=O) groups is 1. The summed E-state index contributed by atoms with van der Waals surface area (Å²) < 4.78 is 5.07. The number of rotatable bonds is 5. The number of halogens is 1. The summed E-state index contributed by atoms with van der Waals surface area (Å²) in [6.07, 6.45) is 1.53. The number of nitrogens with zero attached hydrogens (tertiary/aromatic N) is 1. The third kappa shape index (κ3) is 3.78. The fourth-order valence-electron chi connectivity index (χ4n) is 2.46. The molecule has 3 aromatic rings. The molecule has 0 N–H and O–H groups in total. The van der Waals surface area contributed by atoms with Crippen LogP contribution >= 0.6 is 11.6 Å². The van der Waals surface area contributed by atoms with Gasteiger partial charge < -0.3 is 4.74 Å². The molecule has 25 heavy (non-hydrogen) atoms. The Balaban J connectivity index is 1.92. The van der Waals surface area contributed by atoms with E-state index in [2.05, 4.69) is 18.1 Å². The van der Waals surface area contributed by atoms with Crippen LogP contribution in [0.25, 0.3) is 16.5 Å². The summed E-state index contributed by atoms with van der Waals surface area (Å²) >= 11 is 6.04. The van der Waals surface area contributed by atoms with Crippen molar-refractivity contribution in [3.63, 3.8) is 0 Å². The summed E-state index contributed by atoms with van der Waals surface area (Å²) in [5, 5.41) is 1.64. The molecular weight excluding hydrogens is 334 g/mol. The number of ether oxygens (including phenoxy) is 1. The standard InChI is InChI=1S/C21H16ClNO2/c1-3-11-25-21(24)17-6-4-5-16(12-17)14(2)19-10-8-15-7-9-18(22)13-20(15)23-19/h3-10,12-13H,1-2,11H2. The first kappa shape index (κ1) is 16.9. The van der Waals surface area contributed by atoms with E-state index in [1.54, 1.807) is 18.2 Å². The monoisotopic (exact) mass is 349 g/mol. The van der Waals surface area contributed by atoms with E-state index in [0.717, 1.165) is 27.7 Å². The molecule has 0 radical (unpaired) electrons. The van der Waals surface area contributed by atoms with Gasteiger partial charge in [-0.1, -0.05) is 55.1 Å². The molecule has 0 unspecified atom stereocenters. The van der Waals surface area contributed by atoms with Crippen LogP contribution in [0.4, 0.5) is 0 Å². The van der Waals surface area contributed by atoms with Crippen LogP contribution in [-0.4, -0.2) is 17.6 Å². The van der Waals surface area contributed by atoms with Gasteiger partial charge in [0.25, 0.3) is 0 Å². The number of fused-ring (bicyclic) bond motifs is 1. The highest BCUT2D eigenvalue weighted by molar-refractivity contribution is 6.31. The zero-order valence-electron chi connectivity index (χ0n) is 13.5. The number of hydrogen-bond donors (Lipinski definition) is 0. The van der Waals surface area contributed by atoms with Crippen molar-refractivity contribution in [1.29, 1.82) is 0 Å². The average Bonchev–Trinajstić information content (AvgIpc) is 2.65. The molecule has 2 aromatic carbocycles. The zero-order valence-corrected chi connectivity index (χ0v) is 14.3. The Morgan fingerprint density at radius 2 is 1.88 bits per heavy atom. The maximum Gasteiger partial charge on any atom is 0.338 e. The normalized spacial score (nSPS) is 10.4. The molecule has 4 heteroatoms. The second-order valence-corrected chi connectivity index (χ2v) is 5.92. The van der Waals surface area contributed by atoms with Gasteiger partial charge in [-0.2, -0.15) is 0 Å². The van der Waals surface area contributed by atoms with Crippen LogP contribution in [0.3, 0.4) is 0 Å². The van der Waals surface area contributed by atoms with Gasteiger partial charge in [0.15, 0.2) is 0 Å². The SMILES string of the molecule is C=CCOC(=O)c1cccc(C(=C)c2ccc3ccc(Cl)cc3n2)c1. The second kappa shape index (κ2) is 7.32. The number of aromatic nitrogens is 1. The van der Waals surface area contributed by atoms with Crippen LogP contribution in [0.1, 0.15) is 21.6 Å². The van der Waals surface area contributed by atoms with Gasteiger partial charge in [-0.25, -0.2) is 9.78 Å². The predicted octanol–water partition coefficient (Wildman–Crippen LogP) is 5.29. The van der Waals surface area contributed by atoms with Gasteiger partial charge in [0.1, 0.15) is 6.61 Å². The van der Waals surface area contributed by atoms with E-state index in [4.69, 9.17) is 16.3 Å². The third-order valence-corrected chi connectivity index (χ3v) is 3.98. The molecule has 0 bridgehead atoms. The summed E-state index contributed by atoms with van der Waals surface area (Å²) in [7, 11) is 0. The molecule has 0 spiro atoms. The van der Waals surface area contributed by atoms with Gasteiger partial charge in [0.05, 0.1) is 16.8 Å². The van der Waals surface area contributed by atoms with Gasteiger partial charge in [0, 0.05) is 16.0 Å². The molecule has 0 aliphatic rings. The van der Waals surface area contributed by atoms with Crippen molar-refractivity contribution in [1.82, 2.24) is 4.98 Å². The molecule has 0 aliphatic carbocycles. The Morgan fingerprint density at radius 3 is 2.68 bits per heavy atom. The van der Waals surface area contributed by atoms with Crippen molar-refractivity contribution in [2.45, 2.75) is 0 Å². The zero-order chi connectivity index (χ0) is 17.8. The van der Waals surface area contributed by atoms with Gasteiger partial charge in [-0.05, 0) is 35.9 Å². The Morgan fingerprint density at radius 1 is 1.12 bits per heavy atom. The van der Waals surface area contributed by atoms with E-state index < -0.39 is 5.97 Å². The van der Waals surface area contributed by atoms with Crippen molar-refractivity contribution in [2.24, 2.45) is 0 Å². The second-order valence-electron chi connectivity index (χ2n) is 5.48. The Kier molecular flexibility index (Phi) is 4.96. The molecule has 124 valence electrons. The average molecular weight is 350 g/mol. The van der Waals surface area contributed by atoms with Crippen LogP contribution in [0.2, 0.25) is 5.02 Å². The molecule has 0 atom stereocenters. The number of pyridine rings is 1. The van der Waals surface area contributed by atoms with Crippen molar-refractivity contribution >= 4 is 34.0 Å². The predicted molar refractivity (Wildman–Crippen MR) is 102 cm³/mol. The number of esters is 1. The minimum atomic E-state index is -0.396. The summed E-state index contributed by atoms with van der Waals surface area (Å²) in [4.78, 5) is 16.6. The molecule has 0 aliphatic heterocycles. The van der Waals surface area contributed by atoms with Crippen molar-refractivity contribution in [3.8, 4) is 0 Å². The smallest absolute Gasteiger partial charge is 0.338 e. The highest BCUT2D eigenvalue weighted by Gasteiger charge is 2.10. The molecule has 3 rings (SSSR count). The summed E-state index contributed by atoms with van der Waals surface area (Å²) in [5.41, 5.74) is 3.52. The van der Waals surface area contributed by atoms with E-state index in [1.807, 2.05) is 36.4 Å². The molecule has 0 amide bonds. The van der Waals surface area contributed by atoms with E-state index >= 15 is 0 Å². The lowest BCUT2D eigenvalue weighted by Gasteiger charge is -2.09. The third-order valence-electron chi connectivity index (χ3n) is 3.74. The maximum atomic E-state index is 12.0. The Labute approximate surface area is 151 Å².